The van der Waals surface area contributed by atoms with Gasteiger partial charge in [-0.25, -0.2) is 4.79 Å². The van der Waals surface area contributed by atoms with Crippen molar-refractivity contribution in [3.63, 3.8) is 0 Å². The van der Waals surface area contributed by atoms with E-state index in [1.165, 1.54) is 12.1 Å². The van der Waals surface area contributed by atoms with Gasteiger partial charge in [0.05, 0.1) is 12.2 Å². The quantitative estimate of drug-likeness (QED) is 0.293. The largest absolute Gasteiger partial charge is 0.437 e. The Balaban J connectivity index is 2.98. The number of hydrogen-bond donors (Lipinski definition) is 2. The Morgan fingerprint density at radius 2 is 1.62 bits per heavy atom. The van der Waals surface area contributed by atoms with E-state index in [0.717, 1.165) is 0 Å². The first kappa shape index (κ1) is 22.1. The van der Waals surface area contributed by atoms with Crippen LogP contribution in [0.2, 0.25) is 5.02 Å². The summed E-state index contributed by atoms with van der Waals surface area (Å²) in [7, 11) is -4.19. The molecule has 0 aromatic heterocycles. The predicted octanol–water partition coefficient (Wildman–Crippen LogP) is 3.73. The first-order valence-electron chi connectivity index (χ1n) is 7.62. The first-order valence-corrected chi connectivity index (χ1v) is 9.54. The molecule has 0 radical (unpaired) electrons. The molecular weight excluding hydrogens is 385 g/mol. The molecule has 0 aliphatic carbocycles. The van der Waals surface area contributed by atoms with Gasteiger partial charge in [-0.15, -0.1) is 0 Å². The molecule has 26 heavy (non-hydrogen) atoms. The van der Waals surface area contributed by atoms with E-state index in [1.807, 2.05) is 0 Å². The van der Waals surface area contributed by atoms with Crippen molar-refractivity contribution in [3.05, 3.63) is 29.3 Å². The second-order valence-electron chi connectivity index (χ2n) is 5.60. The van der Waals surface area contributed by atoms with Gasteiger partial charge >= 0.3 is 13.7 Å². The number of primary amides is 1. The van der Waals surface area contributed by atoms with Crippen molar-refractivity contribution in [2.45, 2.75) is 39.9 Å². The van der Waals surface area contributed by atoms with E-state index in [-0.39, 0.29) is 0 Å². The van der Waals surface area contributed by atoms with E-state index in [1.54, 1.807) is 39.8 Å². The van der Waals surface area contributed by atoms with Crippen LogP contribution in [0.4, 0.5) is 10.5 Å². The average Bonchev–Trinajstić information content (AvgIpc) is 2.47. The van der Waals surface area contributed by atoms with Crippen LogP contribution in [0.25, 0.3) is 0 Å². The number of nitrogens with zero attached hydrogens (tertiary/aromatic N) is 1. The monoisotopic (exact) mass is 405 g/mol. The number of carbonyl (C=O) groups excluding carboxylic acids is 2. The molecule has 1 aromatic carbocycles. The summed E-state index contributed by atoms with van der Waals surface area (Å²) in [6.07, 6.45) is -2.16. The van der Waals surface area contributed by atoms with Crippen LogP contribution in [0.5, 0.6) is 0 Å². The maximum absolute atomic E-state index is 12.9. The van der Waals surface area contributed by atoms with Crippen molar-refractivity contribution in [2.24, 2.45) is 10.9 Å². The van der Waals surface area contributed by atoms with E-state index in [0.29, 0.717) is 10.7 Å². The summed E-state index contributed by atoms with van der Waals surface area (Å²) in [6, 6.07) is 6.15. The van der Waals surface area contributed by atoms with E-state index < -0.39 is 37.3 Å². The van der Waals surface area contributed by atoms with Gasteiger partial charge in [0.1, 0.15) is 0 Å². The summed E-state index contributed by atoms with van der Waals surface area (Å²) in [5, 5.41) is 6.13. The molecule has 1 rings (SSSR count). The molecule has 144 valence electrons. The average molecular weight is 406 g/mol. The van der Waals surface area contributed by atoms with Crippen LogP contribution < -0.4 is 11.1 Å². The van der Waals surface area contributed by atoms with Gasteiger partial charge in [-0.05, 0) is 52.0 Å². The van der Waals surface area contributed by atoms with E-state index in [2.05, 4.69) is 15.3 Å². The molecule has 9 nitrogen and oxygen atoms in total. The van der Waals surface area contributed by atoms with Gasteiger partial charge in [0.25, 0.3) is 11.4 Å². The Hall–Kier alpha value is -1.93. The van der Waals surface area contributed by atoms with Crippen molar-refractivity contribution in [2.75, 3.05) is 5.32 Å². The van der Waals surface area contributed by atoms with Gasteiger partial charge in [-0.3, -0.25) is 19.5 Å². The number of amides is 2. The van der Waals surface area contributed by atoms with Crippen LogP contribution in [-0.4, -0.2) is 29.7 Å². The zero-order valence-corrected chi connectivity index (χ0v) is 16.4. The van der Waals surface area contributed by atoms with Crippen molar-refractivity contribution in [1.82, 2.24) is 0 Å². The SMILES string of the molecule is CC(C)OP(=O)(OC(C)C)C(=NOC(=O)Nc1ccc(Cl)cc1)C(N)=O. The Labute approximate surface area is 156 Å². The number of nitrogens with two attached hydrogens (primary N) is 1. The summed E-state index contributed by atoms with van der Waals surface area (Å²) in [5.74, 6) is -1.20. The van der Waals surface area contributed by atoms with Gasteiger partial charge in [-0.1, -0.05) is 16.8 Å². The number of benzene rings is 1. The molecule has 3 N–H and O–H groups in total. The molecule has 0 aliphatic rings. The number of anilines is 1. The third-order valence-electron chi connectivity index (χ3n) is 2.48. The molecule has 0 heterocycles. The van der Waals surface area contributed by atoms with Gasteiger partial charge in [-0.2, -0.15) is 0 Å². The Morgan fingerprint density at radius 1 is 1.12 bits per heavy atom. The molecule has 0 saturated heterocycles. The fourth-order valence-electron chi connectivity index (χ4n) is 1.67. The number of halogens is 1. The molecule has 0 atom stereocenters. The highest BCUT2D eigenvalue weighted by molar-refractivity contribution is 7.75. The summed E-state index contributed by atoms with van der Waals surface area (Å²) in [5.41, 5.74) is 4.76. The minimum atomic E-state index is -4.19. The Bertz CT molecular complexity index is 707. The third kappa shape index (κ3) is 7.13. The molecule has 0 unspecified atom stereocenters. The lowest BCUT2D eigenvalue weighted by molar-refractivity contribution is -0.111. The van der Waals surface area contributed by atoms with Crippen LogP contribution in [0, 0.1) is 0 Å². The van der Waals surface area contributed by atoms with Gasteiger partial charge in [0.2, 0.25) is 0 Å². The first-order chi connectivity index (χ1) is 12.0. The van der Waals surface area contributed by atoms with Crippen LogP contribution >= 0.6 is 19.2 Å². The predicted molar refractivity (Wildman–Crippen MR) is 98.2 cm³/mol. The standard InChI is InChI=1S/C15H21ClN3O6P/c1-9(2)24-26(22,25-10(3)4)14(13(17)20)19-23-15(21)18-12-7-5-11(16)6-8-12/h5-10H,1-4H3,(H2,17,20)(H,18,21). The molecule has 0 aliphatic heterocycles. The molecule has 0 saturated carbocycles. The smallest absolute Gasteiger partial charge is 0.364 e. The Kier molecular flexibility index (Phi) is 8.23. The summed E-state index contributed by atoms with van der Waals surface area (Å²) in [4.78, 5) is 28.0. The van der Waals surface area contributed by atoms with Crippen molar-refractivity contribution < 1.29 is 28.0 Å². The molecule has 0 bridgehead atoms. The molecule has 2 amide bonds. The second-order valence-corrected chi connectivity index (χ2v) is 7.87. The van der Waals surface area contributed by atoms with Gasteiger partial charge in [0.15, 0.2) is 0 Å². The molecular formula is C15H21ClN3O6P. The van der Waals surface area contributed by atoms with E-state index in [4.69, 9.17) is 26.4 Å². The number of nitrogens with one attached hydrogen (secondary N) is 1. The van der Waals surface area contributed by atoms with Crippen molar-refractivity contribution in [3.8, 4) is 0 Å². The van der Waals surface area contributed by atoms with Crippen LogP contribution in [-0.2, 0) is 23.2 Å². The van der Waals surface area contributed by atoms with E-state index in [9.17, 15) is 14.2 Å². The number of rotatable bonds is 8. The third-order valence-corrected chi connectivity index (χ3v) is 4.96. The summed E-state index contributed by atoms with van der Waals surface area (Å²) in [6.45, 7) is 6.35. The van der Waals surface area contributed by atoms with Crippen molar-refractivity contribution >= 4 is 42.3 Å². The summed E-state index contributed by atoms with van der Waals surface area (Å²) < 4.78 is 23.3. The lowest BCUT2D eigenvalue weighted by atomic mass is 10.3. The topological polar surface area (TPSA) is 129 Å². The highest BCUT2D eigenvalue weighted by Crippen LogP contribution is 2.52. The normalized spacial score (nSPS) is 12.3. The number of carbonyl (C=O) groups is 2. The molecule has 11 heteroatoms. The van der Waals surface area contributed by atoms with Crippen LogP contribution in [0.3, 0.4) is 0 Å². The highest BCUT2D eigenvalue weighted by Gasteiger charge is 2.39. The van der Waals surface area contributed by atoms with Gasteiger partial charge in [0, 0.05) is 10.7 Å². The lowest BCUT2D eigenvalue weighted by Crippen LogP contribution is -2.28. The van der Waals surface area contributed by atoms with Gasteiger partial charge < -0.3 is 14.8 Å². The molecule has 0 fully saturated rings. The number of hydrogen-bond acceptors (Lipinski definition) is 7. The second kappa shape index (κ2) is 9.68. The maximum atomic E-state index is 12.9. The minimum absolute atomic E-state index is 0.371. The van der Waals surface area contributed by atoms with E-state index >= 15 is 0 Å². The summed E-state index contributed by atoms with van der Waals surface area (Å²) >= 11 is 5.74. The zero-order chi connectivity index (χ0) is 19.9. The minimum Gasteiger partial charge on any atom is -0.364 e. The fraction of sp³-hybridized carbons (Fsp3) is 0.400. The zero-order valence-electron chi connectivity index (χ0n) is 14.8. The van der Waals surface area contributed by atoms with Crippen molar-refractivity contribution in [1.29, 1.82) is 0 Å². The molecule has 1 aromatic rings. The fourth-order valence-corrected chi connectivity index (χ4v) is 3.56. The molecule has 0 spiro atoms. The van der Waals surface area contributed by atoms with Crippen LogP contribution in [0.15, 0.2) is 29.4 Å². The lowest BCUT2D eigenvalue weighted by Gasteiger charge is -2.21. The number of oxime groups is 1. The Morgan fingerprint density at radius 3 is 2.04 bits per heavy atom. The van der Waals surface area contributed by atoms with Crippen LogP contribution in [0.1, 0.15) is 27.7 Å². The maximum Gasteiger partial charge on any atom is 0.437 e. The highest BCUT2D eigenvalue weighted by atomic mass is 35.5.